The van der Waals surface area contributed by atoms with Gasteiger partial charge in [-0.25, -0.2) is 0 Å². The molecule has 1 unspecified atom stereocenters. The third-order valence-electron chi connectivity index (χ3n) is 2.75. The summed E-state index contributed by atoms with van der Waals surface area (Å²) in [6.45, 7) is 9.60. The van der Waals surface area contributed by atoms with E-state index in [1.807, 2.05) is 0 Å². The molecule has 1 saturated heterocycles. The first-order valence-electron chi connectivity index (χ1n) is 5.78. The van der Waals surface area contributed by atoms with E-state index in [2.05, 4.69) is 24.1 Å². The SMILES string of the molecule is CCCCCN1CCCNC(C)C1. The van der Waals surface area contributed by atoms with Crippen molar-refractivity contribution in [2.45, 2.75) is 45.6 Å². The third kappa shape index (κ3) is 4.63. The Morgan fingerprint density at radius 2 is 2.23 bits per heavy atom. The Balaban J connectivity index is 2.15. The first-order valence-corrected chi connectivity index (χ1v) is 5.78. The summed E-state index contributed by atoms with van der Waals surface area (Å²) < 4.78 is 0. The van der Waals surface area contributed by atoms with Crippen LogP contribution in [-0.2, 0) is 0 Å². The second-order valence-electron chi connectivity index (χ2n) is 4.22. The van der Waals surface area contributed by atoms with Gasteiger partial charge in [0.25, 0.3) is 0 Å². The zero-order chi connectivity index (χ0) is 9.52. The van der Waals surface area contributed by atoms with E-state index in [0.29, 0.717) is 6.04 Å². The van der Waals surface area contributed by atoms with Crippen LogP contribution in [0.15, 0.2) is 0 Å². The fourth-order valence-corrected chi connectivity index (χ4v) is 1.98. The van der Waals surface area contributed by atoms with Gasteiger partial charge in [-0.2, -0.15) is 0 Å². The second-order valence-corrected chi connectivity index (χ2v) is 4.22. The van der Waals surface area contributed by atoms with E-state index in [-0.39, 0.29) is 0 Å². The molecule has 0 amide bonds. The van der Waals surface area contributed by atoms with E-state index < -0.39 is 0 Å². The highest BCUT2D eigenvalue weighted by Gasteiger charge is 2.12. The molecule has 1 aliphatic heterocycles. The summed E-state index contributed by atoms with van der Waals surface area (Å²) in [5.74, 6) is 0. The maximum Gasteiger partial charge on any atom is 0.0166 e. The Morgan fingerprint density at radius 3 is 3.00 bits per heavy atom. The Morgan fingerprint density at radius 1 is 1.38 bits per heavy atom. The minimum atomic E-state index is 0.684. The molecule has 0 saturated carbocycles. The standard InChI is InChI=1S/C11H24N2/c1-3-4-5-8-13-9-6-7-12-11(2)10-13/h11-12H,3-10H2,1-2H3. The highest BCUT2D eigenvalue weighted by Crippen LogP contribution is 2.03. The minimum Gasteiger partial charge on any atom is -0.313 e. The van der Waals surface area contributed by atoms with E-state index >= 15 is 0 Å². The summed E-state index contributed by atoms with van der Waals surface area (Å²) in [6.07, 6.45) is 5.42. The largest absolute Gasteiger partial charge is 0.313 e. The van der Waals surface area contributed by atoms with Crippen LogP contribution >= 0.6 is 0 Å². The summed E-state index contributed by atoms with van der Waals surface area (Å²) in [5.41, 5.74) is 0. The number of nitrogens with zero attached hydrogens (tertiary/aromatic N) is 1. The van der Waals surface area contributed by atoms with Crippen LogP contribution in [0.1, 0.15) is 39.5 Å². The average Bonchev–Trinajstić information content (AvgIpc) is 2.31. The Hall–Kier alpha value is -0.0800. The van der Waals surface area contributed by atoms with Crippen LogP contribution in [0.4, 0.5) is 0 Å². The molecule has 2 heteroatoms. The van der Waals surface area contributed by atoms with Gasteiger partial charge in [-0.15, -0.1) is 0 Å². The number of hydrogen-bond donors (Lipinski definition) is 1. The van der Waals surface area contributed by atoms with Crippen LogP contribution in [0.2, 0.25) is 0 Å². The maximum atomic E-state index is 3.52. The van der Waals surface area contributed by atoms with Crippen molar-refractivity contribution in [3.63, 3.8) is 0 Å². The lowest BCUT2D eigenvalue weighted by atomic mass is 10.2. The fourth-order valence-electron chi connectivity index (χ4n) is 1.98. The van der Waals surface area contributed by atoms with Crippen molar-refractivity contribution in [3.8, 4) is 0 Å². The molecule has 0 aromatic rings. The second kappa shape index (κ2) is 6.39. The van der Waals surface area contributed by atoms with Crippen molar-refractivity contribution in [2.24, 2.45) is 0 Å². The summed E-state index contributed by atoms with van der Waals surface area (Å²) in [7, 11) is 0. The Kier molecular flexibility index (Phi) is 5.40. The van der Waals surface area contributed by atoms with Crippen molar-refractivity contribution in [2.75, 3.05) is 26.2 Å². The maximum absolute atomic E-state index is 3.52. The zero-order valence-electron chi connectivity index (χ0n) is 9.18. The monoisotopic (exact) mass is 184 g/mol. The van der Waals surface area contributed by atoms with E-state index in [9.17, 15) is 0 Å². The normalized spacial score (nSPS) is 25.8. The first-order chi connectivity index (χ1) is 6.33. The molecule has 2 nitrogen and oxygen atoms in total. The lowest BCUT2D eigenvalue weighted by Gasteiger charge is -2.21. The van der Waals surface area contributed by atoms with Gasteiger partial charge in [0.15, 0.2) is 0 Å². The molecule has 78 valence electrons. The van der Waals surface area contributed by atoms with E-state index in [4.69, 9.17) is 0 Å². The van der Waals surface area contributed by atoms with E-state index in [0.717, 1.165) is 0 Å². The molecule has 1 aliphatic rings. The third-order valence-corrected chi connectivity index (χ3v) is 2.75. The minimum absolute atomic E-state index is 0.684. The predicted octanol–water partition coefficient (Wildman–Crippen LogP) is 1.86. The molecule has 13 heavy (non-hydrogen) atoms. The molecule has 0 aromatic heterocycles. The molecular weight excluding hydrogens is 160 g/mol. The summed E-state index contributed by atoms with van der Waals surface area (Å²) in [5, 5.41) is 3.52. The highest BCUT2D eigenvalue weighted by atomic mass is 15.2. The molecule has 0 spiro atoms. The van der Waals surface area contributed by atoms with Gasteiger partial charge in [0.1, 0.15) is 0 Å². The molecular formula is C11H24N2. The number of hydrogen-bond acceptors (Lipinski definition) is 2. The quantitative estimate of drug-likeness (QED) is 0.671. The van der Waals surface area contributed by atoms with Crippen molar-refractivity contribution in [3.05, 3.63) is 0 Å². The van der Waals surface area contributed by atoms with Crippen LogP contribution < -0.4 is 5.32 Å². The summed E-state index contributed by atoms with van der Waals surface area (Å²) >= 11 is 0. The summed E-state index contributed by atoms with van der Waals surface area (Å²) in [4.78, 5) is 2.61. The van der Waals surface area contributed by atoms with Gasteiger partial charge >= 0.3 is 0 Å². The molecule has 1 rings (SSSR count). The molecule has 1 heterocycles. The van der Waals surface area contributed by atoms with Crippen LogP contribution in [0, 0.1) is 0 Å². The van der Waals surface area contributed by atoms with Gasteiger partial charge in [-0.3, -0.25) is 0 Å². The van der Waals surface area contributed by atoms with Crippen molar-refractivity contribution >= 4 is 0 Å². The van der Waals surface area contributed by atoms with Crippen LogP contribution in [0.25, 0.3) is 0 Å². The lowest BCUT2D eigenvalue weighted by Crippen LogP contribution is -2.35. The molecule has 0 radical (unpaired) electrons. The van der Waals surface area contributed by atoms with Crippen LogP contribution in [-0.4, -0.2) is 37.1 Å². The summed E-state index contributed by atoms with van der Waals surface area (Å²) in [6, 6.07) is 0.684. The van der Waals surface area contributed by atoms with Crippen LogP contribution in [0.5, 0.6) is 0 Å². The van der Waals surface area contributed by atoms with Gasteiger partial charge in [0, 0.05) is 12.6 Å². The van der Waals surface area contributed by atoms with Gasteiger partial charge in [0.2, 0.25) is 0 Å². The molecule has 1 atom stereocenters. The topological polar surface area (TPSA) is 15.3 Å². The van der Waals surface area contributed by atoms with Gasteiger partial charge in [-0.05, 0) is 39.4 Å². The molecule has 1 fully saturated rings. The van der Waals surface area contributed by atoms with Crippen LogP contribution in [0.3, 0.4) is 0 Å². The van der Waals surface area contributed by atoms with E-state index in [1.165, 1.54) is 51.9 Å². The number of rotatable bonds is 4. The van der Waals surface area contributed by atoms with Gasteiger partial charge in [-0.1, -0.05) is 19.8 Å². The predicted molar refractivity (Wildman–Crippen MR) is 58.0 cm³/mol. The van der Waals surface area contributed by atoms with Crippen molar-refractivity contribution in [1.82, 2.24) is 10.2 Å². The van der Waals surface area contributed by atoms with Crippen molar-refractivity contribution < 1.29 is 0 Å². The fraction of sp³-hybridized carbons (Fsp3) is 1.00. The zero-order valence-corrected chi connectivity index (χ0v) is 9.18. The molecule has 1 N–H and O–H groups in total. The molecule has 0 aliphatic carbocycles. The van der Waals surface area contributed by atoms with E-state index in [1.54, 1.807) is 0 Å². The van der Waals surface area contributed by atoms with Gasteiger partial charge in [0.05, 0.1) is 0 Å². The molecule has 0 aromatic carbocycles. The van der Waals surface area contributed by atoms with Crippen molar-refractivity contribution in [1.29, 1.82) is 0 Å². The first kappa shape index (κ1) is 11.0. The lowest BCUT2D eigenvalue weighted by molar-refractivity contribution is 0.267. The smallest absolute Gasteiger partial charge is 0.0166 e. The average molecular weight is 184 g/mol. The Labute approximate surface area is 82.7 Å². The molecule has 0 bridgehead atoms. The number of nitrogens with one attached hydrogen (secondary N) is 1. The van der Waals surface area contributed by atoms with Gasteiger partial charge < -0.3 is 10.2 Å². The number of unbranched alkanes of at least 4 members (excludes halogenated alkanes) is 2. The highest BCUT2D eigenvalue weighted by molar-refractivity contribution is 4.72. The Bertz CT molecular complexity index is 125.